The Labute approximate surface area is 107 Å². The number of hydrogen-bond donors (Lipinski definition) is 0. The zero-order valence-electron chi connectivity index (χ0n) is 10.4. The molecular weight excluding hydrogens is 234 g/mol. The van der Waals surface area contributed by atoms with Gasteiger partial charge in [-0.15, -0.1) is 0 Å². The van der Waals surface area contributed by atoms with Crippen molar-refractivity contribution in [2.24, 2.45) is 0 Å². The predicted octanol–water partition coefficient (Wildman–Crippen LogP) is 2.21. The lowest BCUT2D eigenvalue weighted by atomic mass is 10.2. The molecule has 17 heavy (non-hydrogen) atoms. The molecule has 1 aliphatic heterocycles. The van der Waals surface area contributed by atoms with Crippen LogP contribution in [0.25, 0.3) is 0 Å². The second kappa shape index (κ2) is 6.10. The fourth-order valence-electron chi connectivity index (χ4n) is 1.95. The molecule has 1 fully saturated rings. The first-order valence-electron chi connectivity index (χ1n) is 6.10. The van der Waals surface area contributed by atoms with Gasteiger partial charge in [-0.25, -0.2) is 9.97 Å². The van der Waals surface area contributed by atoms with Gasteiger partial charge in [-0.3, -0.25) is 0 Å². The molecule has 0 spiro atoms. The number of thioether (sulfide) groups is 1. The van der Waals surface area contributed by atoms with Gasteiger partial charge in [0.05, 0.1) is 6.61 Å². The maximum absolute atomic E-state index is 5.42. The number of aromatic nitrogens is 2. The van der Waals surface area contributed by atoms with E-state index in [1.54, 1.807) is 6.33 Å². The monoisotopic (exact) mass is 253 g/mol. The van der Waals surface area contributed by atoms with Gasteiger partial charge >= 0.3 is 0 Å². The Morgan fingerprint density at radius 3 is 3.18 bits per heavy atom. The van der Waals surface area contributed by atoms with E-state index >= 15 is 0 Å². The molecule has 1 aromatic rings. The number of nitrogens with zero attached hydrogens (tertiary/aromatic N) is 3. The van der Waals surface area contributed by atoms with Gasteiger partial charge in [0, 0.05) is 24.4 Å². The van der Waals surface area contributed by atoms with Gasteiger partial charge in [-0.1, -0.05) is 0 Å². The van der Waals surface area contributed by atoms with Crippen molar-refractivity contribution in [1.82, 2.24) is 9.97 Å². The first kappa shape index (κ1) is 12.5. The maximum atomic E-state index is 5.42. The Morgan fingerprint density at radius 1 is 1.47 bits per heavy atom. The van der Waals surface area contributed by atoms with Gasteiger partial charge in [0.15, 0.2) is 0 Å². The third-order valence-electron chi connectivity index (χ3n) is 2.90. The Kier molecular flexibility index (Phi) is 4.48. The lowest BCUT2D eigenvalue weighted by Crippen LogP contribution is -2.34. The summed E-state index contributed by atoms with van der Waals surface area (Å²) < 4.78 is 5.42. The van der Waals surface area contributed by atoms with Crippen LogP contribution in [0.4, 0.5) is 5.82 Å². The summed E-state index contributed by atoms with van der Waals surface area (Å²) in [4.78, 5) is 10.8. The van der Waals surface area contributed by atoms with E-state index in [2.05, 4.69) is 21.8 Å². The largest absolute Gasteiger partial charge is 0.478 e. The molecule has 1 aromatic heterocycles. The predicted molar refractivity (Wildman–Crippen MR) is 72.0 cm³/mol. The summed E-state index contributed by atoms with van der Waals surface area (Å²) in [5.41, 5.74) is 0. The molecule has 5 heteroatoms. The number of hydrogen-bond acceptors (Lipinski definition) is 5. The average Bonchev–Trinajstić information content (AvgIpc) is 2.55. The molecule has 1 atom stereocenters. The fourth-order valence-corrected chi connectivity index (χ4v) is 2.99. The van der Waals surface area contributed by atoms with Crippen LogP contribution in [0.1, 0.15) is 20.3 Å². The van der Waals surface area contributed by atoms with Crippen LogP contribution in [0.5, 0.6) is 5.88 Å². The Bertz CT molecular complexity index is 361. The van der Waals surface area contributed by atoms with Crippen molar-refractivity contribution in [2.45, 2.75) is 26.3 Å². The molecule has 0 N–H and O–H groups in total. The second-order valence-electron chi connectivity index (χ2n) is 4.09. The summed E-state index contributed by atoms with van der Waals surface area (Å²) in [6, 6.07) is 2.48. The van der Waals surface area contributed by atoms with Gasteiger partial charge in [-0.2, -0.15) is 11.8 Å². The van der Waals surface area contributed by atoms with E-state index in [1.807, 2.05) is 24.8 Å². The molecule has 0 aromatic carbocycles. The molecule has 1 aliphatic rings. The molecule has 0 radical (unpaired) electrons. The molecule has 2 heterocycles. The Hall–Kier alpha value is -0.970. The molecule has 4 nitrogen and oxygen atoms in total. The zero-order valence-corrected chi connectivity index (χ0v) is 11.2. The SMILES string of the molecule is CCOc1cc(N2CCSCCC2C)ncn1. The minimum absolute atomic E-state index is 0.536. The van der Waals surface area contributed by atoms with E-state index in [1.165, 1.54) is 12.2 Å². The summed E-state index contributed by atoms with van der Waals surface area (Å²) in [6.45, 7) is 5.91. The van der Waals surface area contributed by atoms with Crippen LogP contribution in [0.2, 0.25) is 0 Å². The molecular formula is C12H19N3OS. The van der Waals surface area contributed by atoms with Crippen molar-refractivity contribution in [3.05, 3.63) is 12.4 Å². The first-order valence-corrected chi connectivity index (χ1v) is 7.26. The summed E-state index contributed by atoms with van der Waals surface area (Å²) in [5, 5.41) is 0. The average molecular weight is 253 g/mol. The Morgan fingerprint density at radius 2 is 2.35 bits per heavy atom. The van der Waals surface area contributed by atoms with Gasteiger partial charge in [0.25, 0.3) is 0 Å². The van der Waals surface area contributed by atoms with E-state index in [9.17, 15) is 0 Å². The van der Waals surface area contributed by atoms with Crippen molar-refractivity contribution in [1.29, 1.82) is 0 Å². The minimum Gasteiger partial charge on any atom is -0.478 e. The van der Waals surface area contributed by atoms with Crippen LogP contribution >= 0.6 is 11.8 Å². The van der Waals surface area contributed by atoms with Crippen LogP contribution in [0.15, 0.2) is 12.4 Å². The standard InChI is InChI=1S/C12H19N3OS/c1-3-16-12-8-11(13-9-14-12)15-5-7-17-6-4-10(15)2/h8-10H,3-7H2,1-2H3. The van der Waals surface area contributed by atoms with Crippen molar-refractivity contribution in [2.75, 3.05) is 29.6 Å². The highest BCUT2D eigenvalue weighted by atomic mass is 32.2. The van der Waals surface area contributed by atoms with Crippen molar-refractivity contribution in [3.8, 4) is 5.88 Å². The second-order valence-corrected chi connectivity index (χ2v) is 5.32. The van der Waals surface area contributed by atoms with E-state index < -0.39 is 0 Å². The molecule has 0 bridgehead atoms. The minimum atomic E-state index is 0.536. The Balaban J connectivity index is 2.16. The third kappa shape index (κ3) is 3.25. The maximum Gasteiger partial charge on any atom is 0.218 e. The number of rotatable bonds is 3. The molecule has 0 aliphatic carbocycles. The van der Waals surface area contributed by atoms with E-state index in [4.69, 9.17) is 4.74 Å². The van der Waals surface area contributed by atoms with E-state index in [-0.39, 0.29) is 0 Å². The molecule has 1 saturated heterocycles. The quantitative estimate of drug-likeness (QED) is 0.825. The van der Waals surface area contributed by atoms with Gasteiger partial charge < -0.3 is 9.64 Å². The highest BCUT2D eigenvalue weighted by Crippen LogP contribution is 2.23. The normalized spacial score (nSPS) is 21.1. The highest BCUT2D eigenvalue weighted by Gasteiger charge is 2.18. The summed E-state index contributed by atoms with van der Waals surface area (Å²) >= 11 is 2.02. The summed E-state index contributed by atoms with van der Waals surface area (Å²) in [6.07, 6.45) is 2.80. The zero-order chi connectivity index (χ0) is 12.1. The first-order chi connectivity index (χ1) is 8.31. The van der Waals surface area contributed by atoms with Crippen LogP contribution < -0.4 is 9.64 Å². The van der Waals surface area contributed by atoms with Crippen molar-refractivity contribution < 1.29 is 4.74 Å². The summed E-state index contributed by atoms with van der Waals surface area (Å²) in [5.74, 6) is 4.05. The van der Waals surface area contributed by atoms with Crippen LogP contribution in [-0.2, 0) is 0 Å². The van der Waals surface area contributed by atoms with E-state index in [0.29, 0.717) is 18.5 Å². The van der Waals surface area contributed by atoms with Crippen molar-refractivity contribution >= 4 is 17.6 Å². The molecule has 94 valence electrons. The highest BCUT2D eigenvalue weighted by molar-refractivity contribution is 7.99. The fraction of sp³-hybridized carbons (Fsp3) is 0.667. The molecule has 1 unspecified atom stereocenters. The lowest BCUT2D eigenvalue weighted by Gasteiger charge is -2.27. The number of anilines is 1. The van der Waals surface area contributed by atoms with Crippen LogP contribution in [-0.4, -0.2) is 40.7 Å². The van der Waals surface area contributed by atoms with Gasteiger partial charge in [0.2, 0.25) is 5.88 Å². The van der Waals surface area contributed by atoms with Gasteiger partial charge in [0.1, 0.15) is 12.1 Å². The van der Waals surface area contributed by atoms with Gasteiger partial charge in [-0.05, 0) is 26.0 Å². The third-order valence-corrected chi connectivity index (χ3v) is 3.90. The topological polar surface area (TPSA) is 38.2 Å². The summed E-state index contributed by atoms with van der Waals surface area (Å²) in [7, 11) is 0. The smallest absolute Gasteiger partial charge is 0.218 e. The molecule has 2 rings (SSSR count). The lowest BCUT2D eigenvalue weighted by molar-refractivity contribution is 0.326. The van der Waals surface area contributed by atoms with E-state index in [0.717, 1.165) is 18.1 Å². The number of ether oxygens (including phenoxy) is 1. The van der Waals surface area contributed by atoms with Crippen molar-refractivity contribution in [3.63, 3.8) is 0 Å². The van der Waals surface area contributed by atoms with Crippen LogP contribution in [0.3, 0.4) is 0 Å². The molecule has 0 amide bonds. The van der Waals surface area contributed by atoms with Crippen LogP contribution in [0, 0.1) is 0 Å². The molecule has 0 saturated carbocycles.